The second-order valence-corrected chi connectivity index (χ2v) is 3.96. The number of nitrogens with one attached hydrogen (secondary N) is 1. The summed E-state index contributed by atoms with van der Waals surface area (Å²) in [6.45, 7) is 2.57. The van der Waals surface area contributed by atoms with Crippen molar-refractivity contribution in [3.63, 3.8) is 0 Å². The summed E-state index contributed by atoms with van der Waals surface area (Å²) in [7, 11) is 0. The lowest BCUT2D eigenvalue weighted by atomic mass is 9.76. The summed E-state index contributed by atoms with van der Waals surface area (Å²) in [5, 5.41) is 7.00. The molecule has 0 radical (unpaired) electrons. The number of carbonyl (C=O) groups is 1. The molecule has 1 aliphatic carbocycles. The van der Waals surface area contributed by atoms with Gasteiger partial charge < -0.3 is 11.1 Å². The molecule has 3 N–H and O–H groups in total. The van der Waals surface area contributed by atoms with Crippen LogP contribution in [0.5, 0.6) is 0 Å². The Bertz CT molecular complexity index is 367. The third-order valence-electron chi connectivity index (χ3n) is 2.98. The molecule has 0 spiro atoms. The Morgan fingerprint density at radius 3 is 2.87 bits per heavy atom. The van der Waals surface area contributed by atoms with Crippen LogP contribution in [0.25, 0.3) is 0 Å². The fourth-order valence-corrected chi connectivity index (χ4v) is 1.97. The highest BCUT2D eigenvalue weighted by atomic mass is 16.2. The van der Waals surface area contributed by atoms with Gasteiger partial charge in [0.05, 0.1) is 11.9 Å². The summed E-state index contributed by atoms with van der Waals surface area (Å²) in [6, 6.07) is 0. The molecular weight excluding hydrogens is 192 g/mol. The van der Waals surface area contributed by atoms with Crippen molar-refractivity contribution in [2.75, 3.05) is 12.3 Å². The lowest BCUT2D eigenvalue weighted by molar-refractivity contribution is -0.135. The van der Waals surface area contributed by atoms with E-state index in [0.717, 1.165) is 19.3 Å². The zero-order valence-corrected chi connectivity index (χ0v) is 8.86. The Balaban J connectivity index is 2.25. The van der Waals surface area contributed by atoms with Crippen LogP contribution in [0, 0.1) is 0 Å². The van der Waals surface area contributed by atoms with Crippen LogP contribution in [0.1, 0.15) is 26.2 Å². The number of nitrogen functional groups attached to an aromatic ring is 1. The molecule has 0 atom stereocenters. The van der Waals surface area contributed by atoms with Gasteiger partial charge >= 0.3 is 0 Å². The van der Waals surface area contributed by atoms with Gasteiger partial charge in [-0.25, -0.2) is 0 Å². The fourth-order valence-electron chi connectivity index (χ4n) is 1.97. The predicted molar refractivity (Wildman–Crippen MR) is 57.1 cm³/mol. The summed E-state index contributed by atoms with van der Waals surface area (Å²) >= 11 is 0. The van der Waals surface area contributed by atoms with Crippen molar-refractivity contribution in [3.8, 4) is 0 Å². The van der Waals surface area contributed by atoms with Crippen LogP contribution < -0.4 is 11.1 Å². The Morgan fingerprint density at radius 1 is 1.73 bits per heavy atom. The number of nitrogens with zero attached hydrogens (tertiary/aromatic N) is 2. The molecule has 1 aliphatic rings. The molecule has 1 heterocycles. The summed E-state index contributed by atoms with van der Waals surface area (Å²) < 4.78 is 1.71. The highest BCUT2D eigenvalue weighted by molar-refractivity contribution is 5.85. The van der Waals surface area contributed by atoms with Crippen molar-refractivity contribution < 1.29 is 4.79 Å². The molecule has 82 valence electrons. The Hall–Kier alpha value is -1.52. The van der Waals surface area contributed by atoms with Gasteiger partial charge in [0.1, 0.15) is 5.54 Å². The van der Waals surface area contributed by atoms with E-state index in [9.17, 15) is 4.79 Å². The maximum absolute atomic E-state index is 11.9. The third kappa shape index (κ3) is 1.48. The molecule has 5 heteroatoms. The number of aromatic nitrogens is 2. The first kappa shape index (κ1) is 10.0. The first-order valence-corrected chi connectivity index (χ1v) is 5.28. The van der Waals surface area contributed by atoms with Crippen LogP contribution in [0.3, 0.4) is 0 Å². The van der Waals surface area contributed by atoms with Gasteiger partial charge in [0.25, 0.3) is 0 Å². The first-order valence-electron chi connectivity index (χ1n) is 5.28. The standard InChI is InChI=1S/C10H16N4O/c1-2-12-9(15)10(4-3-5-10)14-7-8(11)6-13-14/h6-7H,2-5,11H2,1H3,(H,12,15). The predicted octanol–water partition coefficient (Wildman–Crippen LogP) is 0.481. The van der Waals surface area contributed by atoms with Crippen molar-refractivity contribution in [1.29, 1.82) is 0 Å². The van der Waals surface area contributed by atoms with Gasteiger partial charge in [-0.05, 0) is 26.2 Å². The van der Waals surface area contributed by atoms with Crippen molar-refractivity contribution in [1.82, 2.24) is 15.1 Å². The van der Waals surface area contributed by atoms with Crippen molar-refractivity contribution in [2.45, 2.75) is 31.7 Å². The number of carbonyl (C=O) groups excluding carboxylic acids is 1. The number of likely N-dealkylation sites (N-methyl/N-ethyl adjacent to an activating group) is 1. The van der Waals surface area contributed by atoms with E-state index >= 15 is 0 Å². The van der Waals surface area contributed by atoms with Crippen LogP contribution in [-0.4, -0.2) is 22.2 Å². The summed E-state index contributed by atoms with van der Waals surface area (Å²) in [6.07, 6.45) is 6.07. The maximum atomic E-state index is 11.9. The number of nitrogens with two attached hydrogens (primary N) is 1. The highest BCUT2D eigenvalue weighted by Gasteiger charge is 2.46. The third-order valence-corrected chi connectivity index (χ3v) is 2.98. The second kappa shape index (κ2) is 3.56. The Kier molecular flexibility index (Phi) is 2.38. The van der Waals surface area contributed by atoms with Crippen molar-refractivity contribution >= 4 is 11.6 Å². The minimum atomic E-state index is -0.479. The van der Waals surface area contributed by atoms with Gasteiger partial charge in [-0.2, -0.15) is 5.10 Å². The first-order chi connectivity index (χ1) is 7.19. The second-order valence-electron chi connectivity index (χ2n) is 3.96. The SMILES string of the molecule is CCNC(=O)C1(n2cc(N)cn2)CCC1. The number of anilines is 1. The molecule has 0 bridgehead atoms. The quantitative estimate of drug-likeness (QED) is 0.758. The lowest BCUT2D eigenvalue weighted by Gasteiger charge is -2.40. The van der Waals surface area contributed by atoms with Gasteiger partial charge in [-0.1, -0.05) is 0 Å². The largest absolute Gasteiger partial charge is 0.396 e. The normalized spacial score (nSPS) is 18.2. The molecule has 1 fully saturated rings. The molecule has 15 heavy (non-hydrogen) atoms. The molecule has 0 saturated heterocycles. The van der Waals surface area contributed by atoms with E-state index in [2.05, 4.69) is 10.4 Å². The summed E-state index contributed by atoms with van der Waals surface area (Å²) in [5.74, 6) is 0.0550. The highest BCUT2D eigenvalue weighted by Crippen LogP contribution is 2.39. The van der Waals surface area contributed by atoms with Gasteiger partial charge in [0.15, 0.2) is 0 Å². The molecule has 0 unspecified atom stereocenters. The van der Waals surface area contributed by atoms with Crippen molar-refractivity contribution in [3.05, 3.63) is 12.4 Å². The molecule has 1 aromatic heterocycles. The van der Waals surface area contributed by atoms with Crippen LogP contribution in [0.15, 0.2) is 12.4 Å². The zero-order chi connectivity index (χ0) is 10.9. The molecule has 1 amide bonds. The van der Waals surface area contributed by atoms with E-state index in [4.69, 9.17) is 5.73 Å². The van der Waals surface area contributed by atoms with Gasteiger partial charge in [-0.3, -0.25) is 9.48 Å². The molecular formula is C10H16N4O. The van der Waals surface area contributed by atoms with Crippen LogP contribution in [0.2, 0.25) is 0 Å². The van der Waals surface area contributed by atoms with Gasteiger partial charge in [-0.15, -0.1) is 0 Å². The molecule has 2 rings (SSSR count). The van der Waals surface area contributed by atoms with E-state index in [0.29, 0.717) is 12.2 Å². The summed E-state index contributed by atoms with van der Waals surface area (Å²) in [5.41, 5.74) is 5.74. The topological polar surface area (TPSA) is 72.9 Å². The fraction of sp³-hybridized carbons (Fsp3) is 0.600. The molecule has 0 aromatic carbocycles. The molecule has 1 aromatic rings. The molecule has 1 saturated carbocycles. The van der Waals surface area contributed by atoms with E-state index in [1.54, 1.807) is 17.1 Å². The van der Waals surface area contributed by atoms with E-state index < -0.39 is 5.54 Å². The van der Waals surface area contributed by atoms with E-state index in [-0.39, 0.29) is 5.91 Å². The van der Waals surface area contributed by atoms with Crippen LogP contribution in [0.4, 0.5) is 5.69 Å². The van der Waals surface area contributed by atoms with Crippen LogP contribution >= 0.6 is 0 Å². The Labute approximate surface area is 88.6 Å². The van der Waals surface area contributed by atoms with Gasteiger partial charge in [0, 0.05) is 12.7 Å². The number of amides is 1. The maximum Gasteiger partial charge on any atom is 0.247 e. The number of rotatable bonds is 3. The molecule has 0 aliphatic heterocycles. The molecule has 5 nitrogen and oxygen atoms in total. The van der Waals surface area contributed by atoms with Gasteiger partial charge in [0.2, 0.25) is 5.91 Å². The number of hydrogen-bond acceptors (Lipinski definition) is 3. The minimum Gasteiger partial charge on any atom is -0.396 e. The van der Waals surface area contributed by atoms with E-state index in [1.165, 1.54) is 0 Å². The average Bonchev–Trinajstić information content (AvgIpc) is 2.51. The van der Waals surface area contributed by atoms with Crippen LogP contribution in [-0.2, 0) is 10.3 Å². The minimum absolute atomic E-state index is 0.0550. The average molecular weight is 208 g/mol. The van der Waals surface area contributed by atoms with E-state index in [1.807, 2.05) is 6.92 Å². The monoisotopic (exact) mass is 208 g/mol. The Morgan fingerprint density at radius 2 is 2.47 bits per heavy atom. The van der Waals surface area contributed by atoms with Crippen molar-refractivity contribution in [2.24, 2.45) is 0 Å². The smallest absolute Gasteiger partial charge is 0.247 e. The lowest BCUT2D eigenvalue weighted by Crippen LogP contribution is -2.53. The number of hydrogen-bond donors (Lipinski definition) is 2. The summed E-state index contributed by atoms with van der Waals surface area (Å²) in [4.78, 5) is 11.9. The zero-order valence-electron chi connectivity index (χ0n) is 8.86.